The van der Waals surface area contributed by atoms with E-state index in [0.29, 0.717) is 34.9 Å². The van der Waals surface area contributed by atoms with Gasteiger partial charge in [-0.25, -0.2) is 29.9 Å². The van der Waals surface area contributed by atoms with Crippen LogP contribution in [0.3, 0.4) is 0 Å². The lowest BCUT2D eigenvalue weighted by Gasteiger charge is -2.30. The molecule has 0 atom stereocenters. The molecular weight excluding hydrogens is 1410 g/mol. The van der Waals surface area contributed by atoms with Gasteiger partial charge in [-0.3, -0.25) is 0 Å². The fraction of sp³-hybridized carbons (Fsp3) is 0.0182. The first-order valence-electron chi connectivity index (χ1n) is 39.6. The van der Waals surface area contributed by atoms with Crippen LogP contribution in [-0.2, 0) is 10.8 Å². The molecule has 6 nitrogen and oxygen atoms in total. The maximum atomic E-state index is 5.17. The predicted molar refractivity (Wildman–Crippen MR) is 472 cm³/mol. The molecule has 116 heavy (non-hydrogen) atoms. The van der Waals surface area contributed by atoms with Crippen molar-refractivity contribution < 1.29 is 0 Å². The van der Waals surface area contributed by atoms with Gasteiger partial charge in [-0.1, -0.05) is 394 Å². The summed E-state index contributed by atoms with van der Waals surface area (Å²) >= 11 is 0. The monoisotopic (exact) mass is 1470 g/mol. The molecule has 0 N–H and O–H groups in total. The third-order valence-corrected chi connectivity index (χ3v) is 23.9. The molecule has 19 aromatic rings. The molecule has 0 amide bonds. The molecule has 2 heterocycles. The molecule has 0 radical (unpaired) electrons. The molecule has 540 valence electrons. The third-order valence-electron chi connectivity index (χ3n) is 23.9. The summed E-state index contributed by atoms with van der Waals surface area (Å²) in [5.74, 6) is 3.82. The van der Waals surface area contributed by atoms with Gasteiger partial charge in [0.1, 0.15) is 0 Å². The Balaban J connectivity index is 0.000000141. The Hall–Kier alpha value is -15.2. The molecule has 4 aliphatic carbocycles. The number of hydrogen-bond donors (Lipinski definition) is 0. The summed E-state index contributed by atoms with van der Waals surface area (Å²) in [6, 6.07) is 152. The first-order chi connectivity index (χ1) is 57.5. The molecule has 23 rings (SSSR count). The molecule has 6 heteroatoms. The van der Waals surface area contributed by atoms with E-state index in [4.69, 9.17) is 29.9 Å². The third kappa shape index (κ3) is 11.2. The van der Waals surface area contributed by atoms with E-state index in [2.05, 4.69) is 388 Å². The van der Waals surface area contributed by atoms with Crippen LogP contribution in [0.5, 0.6) is 0 Å². The van der Waals surface area contributed by atoms with Crippen LogP contribution in [0, 0.1) is 0 Å². The molecule has 17 aromatic carbocycles. The van der Waals surface area contributed by atoms with Crippen LogP contribution in [0.1, 0.15) is 44.5 Å². The molecule has 0 saturated carbocycles. The number of hydrogen-bond acceptors (Lipinski definition) is 6. The van der Waals surface area contributed by atoms with Crippen LogP contribution in [0.2, 0.25) is 0 Å². The van der Waals surface area contributed by atoms with Gasteiger partial charge < -0.3 is 0 Å². The summed E-state index contributed by atoms with van der Waals surface area (Å²) in [6.45, 7) is 0. The van der Waals surface area contributed by atoms with Crippen LogP contribution in [0.4, 0.5) is 0 Å². The van der Waals surface area contributed by atoms with Crippen molar-refractivity contribution in [3.05, 3.63) is 469 Å². The number of benzene rings is 17. The summed E-state index contributed by atoms with van der Waals surface area (Å²) < 4.78 is 0. The maximum Gasteiger partial charge on any atom is 0.164 e. The van der Waals surface area contributed by atoms with Crippen LogP contribution < -0.4 is 0 Å². The first-order valence-corrected chi connectivity index (χ1v) is 39.6. The summed E-state index contributed by atoms with van der Waals surface area (Å²) in [6.07, 6.45) is 0. The summed E-state index contributed by atoms with van der Waals surface area (Å²) in [4.78, 5) is 30.7. The van der Waals surface area contributed by atoms with Gasteiger partial charge in [0.05, 0.1) is 10.8 Å². The van der Waals surface area contributed by atoms with Crippen molar-refractivity contribution in [2.75, 3.05) is 0 Å². The van der Waals surface area contributed by atoms with Gasteiger partial charge in [-0.05, 0) is 175 Å². The molecule has 2 spiro atoms. The zero-order valence-electron chi connectivity index (χ0n) is 63.1. The molecule has 0 saturated heterocycles. The average molecular weight is 1480 g/mol. The van der Waals surface area contributed by atoms with E-state index < -0.39 is 10.8 Å². The van der Waals surface area contributed by atoms with Crippen LogP contribution >= 0.6 is 0 Å². The normalized spacial score (nSPS) is 12.8. The van der Waals surface area contributed by atoms with E-state index in [1.165, 1.54) is 100 Å². The van der Waals surface area contributed by atoms with Gasteiger partial charge in [0, 0.05) is 33.4 Å². The number of rotatable bonds is 11. The highest BCUT2D eigenvalue weighted by Gasteiger charge is 2.53. The number of nitrogens with zero attached hydrogens (tertiary/aromatic N) is 6. The fourth-order valence-electron chi connectivity index (χ4n) is 18.7. The first kappa shape index (κ1) is 67.6. The van der Waals surface area contributed by atoms with E-state index in [-0.39, 0.29) is 0 Å². The smallest absolute Gasteiger partial charge is 0.164 e. The van der Waals surface area contributed by atoms with E-state index in [1.807, 2.05) is 36.4 Å². The molecule has 0 fully saturated rings. The molecule has 0 bridgehead atoms. The highest BCUT2D eigenvalue weighted by Crippen LogP contribution is 2.65. The second kappa shape index (κ2) is 27.9. The van der Waals surface area contributed by atoms with Gasteiger partial charge >= 0.3 is 0 Å². The lowest BCUT2D eigenvalue weighted by molar-refractivity contribution is 0.794. The largest absolute Gasteiger partial charge is 0.208 e. The summed E-state index contributed by atoms with van der Waals surface area (Å²) in [7, 11) is 0. The SMILES string of the molecule is c1ccc(-c2ccc(-c3nc(-c4ccc(-c5ccccc5)cc4)nc(-c4cccc(-c5ccc6c(c5)C5(c7ccccc7-c7ccccc75)c5ccccc5-6)c4)n3)cc2)cc1.c1ccc(-c2cccc(-c3nc(-c4ccccc4)nc(-c4cccc(-c5ccc6c(c5)C5(c7ccccc7-c7ccccc75)c5ccccc5-6)c4)n3)c2)cc1. The maximum absolute atomic E-state index is 5.17. The minimum Gasteiger partial charge on any atom is -0.208 e. The quantitative estimate of drug-likeness (QED) is 0.128. The fourth-order valence-corrected chi connectivity index (χ4v) is 18.7. The summed E-state index contributed by atoms with van der Waals surface area (Å²) in [5.41, 5.74) is 37.3. The summed E-state index contributed by atoms with van der Waals surface area (Å²) in [5, 5.41) is 0. The Morgan fingerprint density at radius 3 is 0.578 bits per heavy atom. The Morgan fingerprint density at radius 1 is 0.112 bits per heavy atom. The molecule has 4 aliphatic rings. The standard InChI is InChI=1S/C58H37N3.C52H33N3/c1-3-14-38(15-4-1)40-26-30-42(31-27-40)55-59-56(43-32-28-41(29-33-43)39-16-5-2-6-17-39)61-57(60-55)46-19-13-18-44(36-46)45-34-35-50-49-22-9-12-25-53(49)58(54(50)37-45)51-23-10-7-20-47(51)48-21-8-11-24-52(48)58;1-3-15-34(16-4-1)36-19-13-21-39(31-36)50-53-49(35-17-5-2-6-18-35)54-51(55-50)40-22-14-20-37(32-40)38-29-30-44-43-25-9-12-28-47(43)52(48(44)33-38)45-26-10-7-23-41(45)42-24-8-11-27-46(42)52/h1-37H;1-33H. The minimum absolute atomic E-state index is 0.394. The Kier molecular flexibility index (Phi) is 16.3. The zero-order chi connectivity index (χ0) is 76.7. The molecule has 2 aromatic heterocycles. The van der Waals surface area contributed by atoms with Gasteiger partial charge in [-0.15, -0.1) is 0 Å². The van der Waals surface area contributed by atoms with Crippen molar-refractivity contribution >= 4 is 0 Å². The molecular formula is C110H70N6. The average Bonchev–Trinajstić information content (AvgIpc) is 1.52. The van der Waals surface area contributed by atoms with Crippen molar-refractivity contribution in [2.24, 2.45) is 0 Å². The predicted octanol–water partition coefficient (Wildman–Crippen LogP) is 26.8. The minimum atomic E-state index is -0.406. The molecule has 0 aliphatic heterocycles. The van der Waals surface area contributed by atoms with Crippen molar-refractivity contribution in [3.63, 3.8) is 0 Å². The highest BCUT2D eigenvalue weighted by molar-refractivity contribution is 5.98. The van der Waals surface area contributed by atoms with Crippen LogP contribution in [-0.4, -0.2) is 29.9 Å². The zero-order valence-corrected chi connectivity index (χ0v) is 63.1. The second-order valence-corrected chi connectivity index (χ2v) is 30.3. The van der Waals surface area contributed by atoms with E-state index in [1.54, 1.807) is 0 Å². The lowest BCUT2D eigenvalue weighted by atomic mass is 9.70. The van der Waals surface area contributed by atoms with Gasteiger partial charge in [0.25, 0.3) is 0 Å². The van der Waals surface area contributed by atoms with E-state index in [9.17, 15) is 0 Å². The van der Waals surface area contributed by atoms with Crippen molar-refractivity contribution in [1.29, 1.82) is 0 Å². The van der Waals surface area contributed by atoms with Crippen LogP contribution in [0.25, 0.3) is 168 Å². The second-order valence-electron chi connectivity index (χ2n) is 30.3. The number of fused-ring (bicyclic) bond motifs is 20. The van der Waals surface area contributed by atoms with E-state index >= 15 is 0 Å². The van der Waals surface area contributed by atoms with Gasteiger partial charge in [-0.2, -0.15) is 0 Å². The Morgan fingerprint density at radius 2 is 0.284 bits per heavy atom. The van der Waals surface area contributed by atoms with E-state index in [0.717, 1.165) is 77.9 Å². The lowest BCUT2D eigenvalue weighted by Crippen LogP contribution is -2.25. The van der Waals surface area contributed by atoms with Crippen molar-refractivity contribution in [1.82, 2.24) is 29.9 Å². The molecule has 0 unspecified atom stereocenters. The van der Waals surface area contributed by atoms with Crippen molar-refractivity contribution in [2.45, 2.75) is 10.8 Å². The van der Waals surface area contributed by atoms with Gasteiger partial charge in [0.15, 0.2) is 34.9 Å². The Bertz CT molecular complexity index is 6830. The van der Waals surface area contributed by atoms with Gasteiger partial charge in [0.2, 0.25) is 0 Å². The number of aromatic nitrogens is 6. The Labute approximate surface area is 673 Å². The van der Waals surface area contributed by atoms with Crippen LogP contribution in [0.15, 0.2) is 425 Å². The topological polar surface area (TPSA) is 77.3 Å². The highest BCUT2D eigenvalue weighted by atomic mass is 15.0. The van der Waals surface area contributed by atoms with Crippen molar-refractivity contribution in [3.8, 4) is 168 Å².